The van der Waals surface area contributed by atoms with E-state index in [4.69, 9.17) is 11.6 Å². The summed E-state index contributed by atoms with van der Waals surface area (Å²) >= 11 is 7.36. The van der Waals surface area contributed by atoms with Crippen LogP contribution in [0.3, 0.4) is 0 Å². The molecule has 2 fully saturated rings. The van der Waals surface area contributed by atoms with Gasteiger partial charge in [0, 0.05) is 55.5 Å². The zero-order chi connectivity index (χ0) is 20.4. The highest BCUT2D eigenvalue weighted by Crippen LogP contribution is 2.34. The fraction of sp³-hybridized carbons (Fsp3) is 0.526. The van der Waals surface area contributed by atoms with E-state index in [-0.39, 0.29) is 5.91 Å². The summed E-state index contributed by atoms with van der Waals surface area (Å²) in [7, 11) is -3.54. The van der Waals surface area contributed by atoms with Crippen molar-refractivity contribution in [1.82, 2.24) is 20.4 Å². The van der Waals surface area contributed by atoms with Gasteiger partial charge in [-0.25, -0.2) is 8.42 Å². The van der Waals surface area contributed by atoms with Crippen molar-refractivity contribution >= 4 is 48.8 Å². The Hall–Kier alpha value is -1.23. The zero-order valence-corrected chi connectivity index (χ0v) is 18.5. The van der Waals surface area contributed by atoms with Crippen LogP contribution in [0.15, 0.2) is 28.5 Å². The molecule has 0 spiro atoms. The Morgan fingerprint density at radius 1 is 1.14 bits per heavy atom. The molecular formula is C19H25ClN4O3S2. The number of rotatable bonds is 6. The van der Waals surface area contributed by atoms with Crippen LogP contribution in [0.2, 0.25) is 5.02 Å². The summed E-state index contributed by atoms with van der Waals surface area (Å²) in [6, 6.07) is 7.21. The normalized spacial score (nSPS) is 20.7. The van der Waals surface area contributed by atoms with Gasteiger partial charge in [0.1, 0.15) is 9.58 Å². The molecule has 1 amide bonds. The fourth-order valence-corrected chi connectivity index (χ4v) is 7.65. The van der Waals surface area contributed by atoms with E-state index in [2.05, 4.69) is 15.5 Å². The number of amides is 1. The van der Waals surface area contributed by atoms with Crippen LogP contribution in [0.25, 0.3) is 10.1 Å². The molecule has 0 radical (unpaired) electrons. The minimum atomic E-state index is -3.54. The molecule has 1 aromatic carbocycles. The number of piperazine rings is 2. The zero-order valence-electron chi connectivity index (χ0n) is 16.1. The maximum absolute atomic E-state index is 13.6. The summed E-state index contributed by atoms with van der Waals surface area (Å²) in [5, 5.41) is 7.00. The minimum Gasteiger partial charge on any atom is -0.354 e. The molecule has 0 bridgehead atoms. The molecule has 1 atom stereocenters. The summed E-state index contributed by atoms with van der Waals surface area (Å²) in [4.78, 5) is 15.8. The third-order valence-electron chi connectivity index (χ3n) is 5.47. The number of carbonyl (C=O) groups is 1. The van der Waals surface area contributed by atoms with Crippen LogP contribution in [0.1, 0.15) is 6.42 Å². The summed E-state index contributed by atoms with van der Waals surface area (Å²) in [6.07, 6.45) is 0.477. The monoisotopic (exact) mass is 456 g/mol. The molecule has 4 rings (SSSR count). The van der Waals surface area contributed by atoms with Crippen LogP contribution < -0.4 is 10.6 Å². The Morgan fingerprint density at radius 2 is 1.93 bits per heavy atom. The van der Waals surface area contributed by atoms with E-state index in [1.165, 1.54) is 11.3 Å². The quantitative estimate of drug-likeness (QED) is 0.683. The second-order valence-corrected chi connectivity index (χ2v) is 11.3. The van der Waals surface area contributed by atoms with Crippen molar-refractivity contribution in [3.05, 3.63) is 29.3 Å². The molecule has 0 aliphatic carbocycles. The first-order valence-corrected chi connectivity index (χ1v) is 12.5. The molecule has 3 heterocycles. The van der Waals surface area contributed by atoms with Gasteiger partial charge in [-0.2, -0.15) is 0 Å². The van der Waals surface area contributed by atoms with Gasteiger partial charge in [0.15, 0.2) is 0 Å². The standard InChI is InChI=1S/C19H25ClN4O3S2/c20-15-2-1-14-11-19(28-16(14)12-15)29(26,27)18(24-9-4-21-5-10-24)3-7-23-8-6-22-17(25)13-23/h1-2,11-12,18,21H,3-10,13H2,(H,22,25). The predicted molar refractivity (Wildman–Crippen MR) is 116 cm³/mol. The van der Waals surface area contributed by atoms with E-state index in [0.717, 1.165) is 29.7 Å². The first-order valence-electron chi connectivity index (χ1n) is 9.80. The van der Waals surface area contributed by atoms with Gasteiger partial charge in [0.25, 0.3) is 0 Å². The molecule has 0 saturated carbocycles. The Bertz CT molecular complexity index is 989. The number of halogens is 1. The molecule has 7 nitrogen and oxygen atoms in total. The second kappa shape index (κ2) is 8.87. The second-order valence-electron chi connectivity index (χ2n) is 7.45. The third kappa shape index (κ3) is 4.76. The first kappa shape index (κ1) is 21.0. The van der Waals surface area contributed by atoms with Gasteiger partial charge in [-0.15, -0.1) is 11.3 Å². The average molecular weight is 457 g/mol. The van der Waals surface area contributed by atoms with Crippen molar-refractivity contribution in [2.45, 2.75) is 16.0 Å². The van der Waals surface area contributed by atoms with Crippen LogP contribution in [0, 0.1) is 0 Å². The molecular weight excluding hydrogens is 432 g/mol. The third-order valence-corrected chi connectivity index (χ3v) is 9.47. The number of benzene rings is 1. The van der Waals surface area contributed by atoms with Gasteiger partial charge in [0.2, 0.25) is 15.7 Å². The Kier molecular flexibility index (Phi) is 6.43. The highest BCUT2D eigenvalue weighted by molar-refractivity contribution is 7.94. The van der Waals surface area contributed by atoms with Gasteiger partial charge in [-0.1, -0.05) is 17.7 Å². The number of hydrogen-bond donors (Lipinski definition) is 2. The summed E-state index contributed by atoms with van der Waals surface area (Å²) in [6.45, 7) is 5.22. The lowest BCUT2D eigenvalue weighted by Gasteiger charge is -2.35. The number of sulfone groups is 1. The topological polar surface area (TPSA) is 81.8 Å². The van der Waals surface area contributed by atoms with Crippen molar-refractivity contribution in [1.29, 1.82) is 0 Å². The number of carbonyl (C=O) groups excluding carboxylic acids is 1. The van der Waals surface area contributed by atoms with E-state index >= 15 is 0 Å². The summed E-state index contributed by atoms with van der Waals surface area (Å²) < 4.78 is 28.5. The number of hydrogen-bond acceptors (Lipinski definition) is 7. The Morgan fingerprint density at radius 3 is 2.69 bits per heavy atom. The lowest BCUT2D eigenvalue weighted by Crippen LogP contribution is -2.53. The van der Waals surface area contributed by atoms with Gasteiger partial charge in [-0.3, -0.25) is 14.6 Å². The van der Waals surface area contributed by atoms with Crippen molar-refractivity contribution in [3.8, 4) is 0 Å². The smallest absolute Gasteiger partial charge is 0.234 e. The van der Waals surface area contributed by atoms with Gasteiger partial charge >= 0.3 is 0 Å². The van der Waals surface area contributed by atoms with E-state index in [0.29, 0.717) is 48.4 Å². The Labute approximate surface area is 179 Å². The lowest BCUT2D eigenvalue weighted by atomic mass is 10.2. The molecule has 2 N–H and O–H groups in total. The maximum Gasteiger partial charge on any atom is 0.234 e. The Balaban J connectivity index is 1.59. The average Bonchev–Trinajstić information content (AvgIpc) is 3.13. The van der Waals surface area contributed by atoms with Gasteiger partial charge in [-0.05, 0) is 30.0 Å². The summed E-state index contributed by atoms with van der Waals surface area (Å²) in [5.41, 5.74) is 0. The molecule has 158 valence electrons. The van der Waals surface area contributed by atoms with Crippen molar-refractivity contribution in [3.63, 3.8) is 0 Å². The molecule has 2 saturated heterocycles. The van der Waals surface area contributed by atoms with Crippen LogP contribution >= 0.6 is 22.9 Å². The van der Waals surface area contributed by atoms with Crippen molar-refractivity contribution in [2.24, 2.45) is 0 Å². The molecule has 1 aromatic heterocycles. The van der Waals surface area contributed by atoms with Crippen molar-refractivity contribution < 1.29 is 13.2 Å². The van der Waals surface area contributed by atoms with Crippen LogP contribution in [0.4, 0.5) is 0 Å². The van der Waals surface area contributed by atoms with Crippen LogP contribution in [-0.2, 0) is 14.6 Å². The van der Waals surface area contributed by atoms with Gasteiger partial charge in [0.05, 0.1) is 6.54 Å². The molecule has 2 aliphatic heterocycles. The lowest BCUT2D eigenvalue weighted by molar-refractivity contribution is -0.124. The van der Waals surface area contributed by atoms with E-state index in [1.54, 1.807) is 12.1 Å². The minimum absolute atomic E-state index is 0.000727. The maximum atomic E-state index is 13.6. The number of thiophene rings is 1. The molecule has 1 unspecified atom stereocenters. The van der Waals surface area contributed by atoms with E-state index < -0.39 is 15.2 Å². The fourth-order valence-electron chi connectivity index (χ4n) is 3.93. The van der Waals surface area contributed by atoms with Crippen LogP contribution in [-0.4, -0.2) is 81.9 Å². The van der Waals surface area contributed by atoms with E-state index in [9.17, 15) is 13.2 Å². The molecule has 2 aliphatic rings. The molecule has 10 heteroatoms. The van der Waals surface area contributed by atoms with Gasteiger partial charge < -0.3 is 10.6 Å². The van der Waals surface area contributed by atoms with E-state index in [1.807, 2.05) is 17.0 Å². The van der Waals surface area contributed by atoms with Crippen LogP contribution in [0.5, 0.6) is 0 Å². The number of nitrogens with zero attached hydrogens (tertiary/aromatic N) is 2. The summed E-state index contributed by atoms with van der Waals surface area (Å²) in [5.74, 6) is -0.000727. The molecule has 29 heavy (non-hydrogen) atoms. The first-order chi connectivity index (χ1) is 13.9. The number of nitrogens with one attached hydrogen (secondary N) is 2. The SMILES string of the molecule is O=C1CN(CCC(N2CCNCC2)S(=O)(=O)c2cc3ccc(Cl)cc3s2)CCN1. The van der Waals surface area contributed by atoms with Crippen molar-refractivity contribution in [2.75, 3.05) is 52.4 Å². The number of fused-ring (bicyclic) bond motifs is 1. The highest BCUT2D eigenvalue weighted by Gasteiger charge is 2.35. The highest BCUT2D eigenvalue weighted by atomic mass is 35.5. The molecule has 2 aromatic rings. The largest absolute Gasteiger partial charge is 0.354 e. The predicted octanol–water partition coefficient (Wildman–Crippen LogP) is 1.38.